The fourth-order valence-corrected chi connectivity index (χ4v) is 1.11. The quantitative estimate of drug-likeness (QED) is 0.444. The Labute approximate surface area is 71.4 Å². The van der Waals surface area contributed by atoms with Gasteiger partial charge in [-0.1, -0.05) is 0 Å². The fourth-order valence-electron chi connectivity index (χ4n) is 1.11. The van der Waals surface area contributed by atoms with Crippen molar-refractivity contribution < 1.29 is 5.21 Å². The first-order valence-corrected chi connectivity index (χ1v) is 3.52. The molecule has 0 spiro atoms. The van der Waals surface area contributed by atoms with Crippen molar-refractivity contribution in [3.63, 3.8) is 0 Å². The first kappa shape index (κ1) is 7.59. The summed E-state index contributed by atoms with van der Waals surface area (Å²) in [4.78, 5) is 17.7. The van der Waals surface area contributed by atoms with Crippen molar-refractivity contribution in [3.05, 3.63) is 22.3 Å². The average molecular weight is 181 g/mol. The normalized spacial score (nSPS) is 10.8. The Morgan fingerprint density at radius 2 is 2.38 bits per heavy atom. The van der Waals surface area contributed by atoms with Crippen molar-refractivity contribution >= 4 is 11.2 Å². The Kier molecular flexibility index (Phi) is 1.30. The van der Waals surface area contributed by atoms with Crippen LogP contribution < -0.4 is 11.2 Å². The highest BCUT2D eigenvalue weighted by Gasteiger charge is 2.08. The molecule has 2 heterocycles. The lowest BCUT2D eigenvalue weighted by molar-refractivity contribution is 0.171. The minimum Gasteiger partial charge on any atom is -0.423 e. The van der Waals surface area contributed by atoms with Gasteiger partial charge in [0.25, 0.3) is 5.56 Å². The Hall–Kier alpha value is -2.05. The van der Waals surface area contributed by atoms with E-state index < -0.39 is 0 Å². The summed E-state index contributed by atoms with van der Waals surface area (Å²) in [6, 6.07) is 0. The second-order valence-corrected chi connectivity index (χ2v) is 2.60. The number of aromatic amines is 1. The molecule has 2 aromatic heterocycles. The molecule has 0 atom stereocenters. The highest BCUT2D eigenvalue weighted by molar-refractivity contribution is 5.68. The second-order valence-electron chi connectivity index (χ2n) is 2.60. The largest absolute Gasteiger partial charge is 0.423 e. The number of imidazole rings is 1. The Balaban J connectivity index is 3.21. The predicted octanol–water partition coefficient (Wildman–Crippen LogP) is -1.22. The topological polar surface area (TPSA) is 99.7 Å². The number of hydrogen-bond acceptors (Lipinski definition) is 4. The van der Waals surface area contributed by atoms with Gasteiger partial charge in [-0.15, -0.1) is 4.73 Å². The van der Waals surface area contributed by atoms with Crippen molar-refractivity contribution in [3.8, 4) is 0 Å². The van der Waals surface area contributed by atoms with Crippen molar-refractivity contribution in [2.24, 2.45) is 7.05 Å². The van der Waals surface area contributed by atoms with Crippen LogP contribution in [0.3, 0.4) is 0 Å². The summed E-state index contributed by atoms with van der Waals surface area (Å²) >= 11 is 0. The van der Waals surface area contributed by atoms with Crippen LogP contribution in [0.1, 0.15) is 0 Å². The van der Waals surface area contributed by atoms with E-state index in [1.54, 1.807) is 0 Å². The lowest BCUT2D eigenvalue weighted by Gasteiger charge is -2.01. The molecule has 7 heteroatoms. The Morgan fingerprint density at radius 3 is 3.08 bits per heavy atom. The maximum absolute atomic E-state index is 11.4. The molecule has 0 aliphatic heterocycles. The van der Waals surface area contributed by atoms with Crippen LogP contribution in [-0.2, 0) is 7.05 Å². The van der Waals surface area contributed by atoms with Gasteiger partial charge < -0.3 is 10.2 Å². The highest BCUT2D eigenvalue weighted by Crippen LogP contribution is 1.96. The van der Waals surface area contributed by atoms with Crippen molar-refractivity contribution in [2.75, 3.05) is 0 Å². The molecule has 0 bridgehead atoms. The maximum Gasteiger partial charge on any atom is 0.280 e. The van der Waals surface area contributed by atoms with Gasteiger partial charge in [0.15, 0.2) is 5.52 Å². The molecular formula is C6H7N5O2. The molecule has 2 aromatic rings. The smallest absolute Gasteiger partial charge is 0.280 e. The molecule has 2 rings (SSSR count). The van der Waals surface area contributed by atoms with Crippen LogP contribution in [0, 0.1) is 5.41 Å². The zero-order valence-corrected chi connectivity index (χ0v) is 6.77. The van der Waals surface area contributed by atoms with Gasteiger partial charge in [0.2, 0.25) is 11.3 Å². The molecule has 13 heavy (non-hydrogen) atoms. The van der Waals surface area contributed by atoms with Gasteiger partial charge in [-0.05, 0) is 0 Å². The van der Waals surface area contributed by atoms with Crippen LogP contribution in [0.15, 0.2) is 11.1 Å². The molecule has 0 aliphatic carbocycles. The van der Waals surface area contributed by atoms with Crippen molar-refractivity contribution in [1.29, 1.82) is 5.41 Å². The van der Waals surface area contributed by atoms with Gasteiger partial charge in [0.1, 0.15) is 0 Å². The molecule has 7 nitrogen and oxygen atoms in total. The summed E-state index contributed by atoms with van der Waals surface area (Å²) in [7, 11) is 1.40. The van der Waals surface area contributed by atoms with E-state index >= 15 is 0 Å². The second kappa shape index (κ2) is 2.22. The number of fused-ring (bicyclic) bond motifs is 1. The maximum atomic E-state index is 11.4. The van der Waals surface area contributed by atoms with Gasteiger partial charge in [-0.3, -0.25) is 14.8 Å². The number of hydrogen-bond donors (Lipinski definition) is 3. The zero-order chi connectivity index (χ0) is 9.59. The molecule has 0 unspecified atom stereocenters. The summed E-state index contributed by atoms with van der Waals surface area (Å²) in [6.45, 7) is 0. The lowest BCUT2D eigenvalue weighted by Crippen LogP contribution is -2.37. The first-order chi connectivity index (χ1) is 6.13. The molecule has 0 saturated carbocycles. The van der Waals surface area contributed by atoms with Crippen LogP contribution in [-0.4, -0.2) is 24.5 Å². The zero-order valence-electron chi connectivity index (χ0n) is 6.77. The van der Waals surface area contributed by atoms with E-state index in [9.17, 15) is 10.0 Å². The van der Waals surface area contributed by atoms with Crippen LogP contribution in [0.5, 0.6) is 0 Å². The number of nitrogens with zero attached hydrogens (tertiary/aromatic N) is 3. The van der Waals surface area contributed by atoms with Crippen LogP contribution in [0.4, 0.5) is 0 Å². The number of nitrogens with one attached hydrogen (secondary N) is 2. The van der Waals surface area contributed by atoms with E-state index in [0.717, 1.165) is 4.57 Å². The van der Waals surface area contributed by atoms with E-state index in [2.05, 4.69) is 9.97 Å². The third-order valence-electron chi connectivity index (χ3n) is 1.86. The summed E-state index contributed by atoms with van der Waals surface area (Å²) in [5, 5.41) is 16.7. The minimum absolute atomic E-state index is 0.0631. The van der Waals surface area contributed by atoms with E-state index in [-0.39, 0.29) is 22.3 Å². The van der Waals surface area contributed by atoms with Gasteiger partial charge in [0.05, 0.1) is 6.33 Å². The first-order valence-electron chi connectivity index (χ1n) is 3.52. The monoisotopic (exact) mass is 181 g/mol. The lowest BCUT2D eigenvalue weighted by atomic mass is 10.5. The van der Waals surface area contributed by atoms with E-state index in [1.807, 2.05) is 0 Å². The summed E-state index contributed by atoms with van der Waals surface area (Å²) in [5.41, 5.74) is -0.457. The average Bonchev–Trinajstić information content (AvgIpc) is 2.59. The van der Waals surface area contributed by atoms with Crippen LogP contribution >= 0.6 is 0 Å². The number of rotatable bonds is 0. The summed E-state index contributed by atoms with van der Waals surface area (Å²) < 4.78 is 1.56. The molecule has 0 aliphatic rings. The molecule has 0 aromatic carbocycles. The molecule has 0 fully saturated rings. The molecular weight excluding hydrogens is 174 g/mol. The minimum atomic E-state index is -0.386. The SMILES string of the molecule is Cn1c(=O)c2[nH]cnc2n(O)c1=N. The Morgan fingerprint density at radius 1 is 1.69 bits per heavy atom. The van der Waals surface area contributed by atoms with E-state index in [1.165, 1.54) is 13.4 Å². The van der Waals surface area contributed by atoms with Crippen LogP contribution in [0.2, 0.25) is 0 Å². The van der Waals surface area contributed by atoms with Gasteiger partial charge in [0, 0.05) is 7.05 Å². The standard InChI is InChI=1S/C6H7N5O2/c1-10-5(12)3-4(9-2-8-3)11(13)6(10)7/h2,7,13H,1H3,(H,8,9). The summed E-state index contributed by atoms with van der Waals surface area (Å²) in [6.07, 6.45) is 1.29. The highest BCUT2D eigenvalue weighted by atomic mass is 16.5. The number of H-pyrrole nitrogens is 1. The molecule has 0 radical (unpaired) electrons. The fraction of sp³-hybridized carbons (Fsp3) is 0.167. The van der Waals surface area contributed by atoms with Crippen molar-refractivity contribution in [1.82, 2.24) is 19.3 Å². The van der Waals surface area contributed by atoms with Gasteiger partial charge in [-0.25, -0.2) is 4.98 Å². The molecule has 0 saturated heterocycles. The van der Waals surface area contributed by atoms with Crippen LogP contribution in [0.25, 0.3) is 11.2 Å². The third-order valence-corrected chi connectivity index (χ3v) is 1.86. The molecule has 3 N–H and O–H groups in total. The number of aromatic nitrogens is 4. The van der Waals surface area contributed by atoms with Gasteiger partial charge in [-0.2, -0.15) is 0 Å². The predicted molar refractivity (Wildman–Crippen MR) is 42.4 cm³/mol. The molecule has 68 valence electrons. The third kappa shape index (κ3) is 0.805. The van der Waals surface area contributed by atoms with E-state index in [0.29, 0.717) is 4.73 Å². The summed E-state index contributed by atoms with van der Waals surface area (Å²) in [5.74, 6) is 0. The van der Waals surface area contributed by atoms with E-state index in [4.69, 9.17) is 5.41 Å². The van der Waals surface area contributed by atoms with Gasteiger partial charge >= 0.3 is 0 Å². The van der Waals surface area contributed by atoms with Crippen molar-refractivity contribution in [2.45, 2.75) is 0 Å². The molecule has 0 amide bonds. The Bertz CT molecular complexity index is 575.